The van der Waals surface area contributed by atoms with Crippen molar-refractivity contribution in [3.8, 4) is 6.07 Å². The van der Waals surface area contributed by atoms with Crippen LogP contribution in [0.15, 0.2) is 6.20 Å². The average molecular weight is 287 g/mol. The van der Waals surface area contributed by atoms with E-state index >= 15 is 0 Å². The Balaban J connectivity index is 1.82. The smallest absolute Gasteiger partial charge is 0.226 e. The standard InChI is InChI=1S/C15H21N5O/c1-10-2-4-11(5-3-10)13(14(17)21)12-8-20(19-18-12)15(9-16)6-7-15/h8,10-11,13H,2-7H2,1H3,(H2,17,21). The fourth-order valence-electron chi connectivity index (χ4n) is 3.38. The molecule has 0 aliphatic heterocycles. The second kappa shape index (κ2) is 5.14. The van der Waals surface area contributed by atoms with Gasteiger partial charge in [-0.15, -0.1) is 5.10 Å². The van der Waals surface area contributed by atoms with Crippen LogP contribution in [0.1, 0.15) is 57.1 Å². The van der Waals surface area contributed by atoms with Crippen molar-refractivity contribution in [2.45, 2.75) is 56.9 Å². The van der Waals surface area contributed by atoms with Crippen molar-refractivity contribution < 1.29 is 4.79 Å². The number of nitrogens with two attached hydrogens (primary N) is 1. The van der Waals surface area contributed by atoms with E-state index in [0.29, 0.717) is 5.69 Å². The van der Waals surface area contributed by atoms with Crippen molar-refractivity contribution in [3.63, 3.8) is 0 Å². The van der Waals surface area contributed by atoms with Gasteiger partial charge in [0.2, 0.25) is 5.91 Å². The van der Waals surface area contributed by atoms with Gasteiger partial charge in [-0.25, -0.2) is 4.68 Å². The Kier molecular flexibility index (Phi) is 3.44. The Hall–Kier alpha value is -1.90. The Morgan fingerprint density at radius 3 is 2.67 bits per heavy atom. The van der Waals surface area contributed by atoms with Gasteiger partial charge in [0, 0.05) is 0 Å². The zero-order chi connectivity index (χ0) is 15.0. The topological polar surface area (TPSA) is 97.6 Å². The van der Waals surface area contributed by atoms with Gasteiger partial charge in [-0.1, -0.05) is 25.0 Å². The summed E-state index contributed by atoms with van der Waals surface area (Å²) < 4.78 is 1.61. The summed E-state index contributed by atoms with van der Waals surface area (Å²) in [4.78, 5) is 11.9. The zero-order valence-corrected chi connectivity index (χ0v) is 12.3. The van der Waals surface area contributed by atoms with Gasteiger partial charge in [0.15, 0.2) is 5.54 Å². The number of hydrogen-bond acceptors (Lipinski definition) is 4. The highest BCUT2D eigenvalue weighted by atomic mass is 16.1. The van der Waals surface area contributed by atoms with Crippen LogP contribution >= 0.6 is 0 Å². The maximum Gasteiger partial charge on any atom is 0.226 e. The molecule has 112 valence electrons. The third-order valence-corrected chi connectivity index (χ3v) is 5.04. The number of aromatic nitrogens is 3. The third-order valence-electron chi connectivity index (χ3n) is 5.04. The van der Waals surface area contributed by atoms with Crippen molar-refractivity contribution in [2.24, 2.45) is 17.6 Å². The first-order valence-corrected chi connectivity index (χ1v) is 7.69. The molecule has 1 amide bonds. The average Bonchev–Trinajstić information content (AvgIpc) is 3.13. The van der Waals surface area contributed by atoms with Crippen molar-refractivity contribution in [2.75, 3.05) is 0 Å². The molecule has 1 heterocycles. The highest BCUT2D eigenvalue weighted by Crippen LogP contribution is 2.43. The number of primary amides is 1. The van der Waals surface area contributed by atoms with Crippen LogP contribution in [0, 0.1) is 23.2 Å². The van der Waals surface area contributed by atoms with E-state index in [9.17, 15) is 10.1 Å². The van der Waals surface area contributed by atoms with Gasteiger partial charge in [-0.05, 0) is 37.5 Å². The lowest BCUT2D eigenvalue weighted by Crippen LogP contribution is -2.30. The van der Waals surface area contributed by atoms with Gasteiger partial charge in [0.25, 0.3) is 0 Å². The number of carbonyl (C=O) groups excluding carboxylic acids is 1. The first kappa shape index (κ1) is 14.1. The lowest BCUT2D eigenvalue weighted by Gasteiger charge is -2.30. The molecule has 0 saturated heterocycles. The van der Waals surface area contributed by atoms with Gasteiger partial charge in [0.05, 0.1) is 23.9 Å². The molecule has 2 aliphatic rings. The van der Waals surface area contributed by atoms with E-state index in [1.54, 1.807) is 10.9 Å². The quantitative estimate of drug-likeness (QED) is 0.911. The van der Waals surface area contributed by atoms with Crippen LogP contribution in [0.5, 0.6) is 0 Å². The Morgan fingerprint density at radius 1 is 1.48 bits per heavy atom. The lowest BCUT2D eigenvalue weighted by atomic mass is 9.75. The van der Waals surface area contributed by atoms with E-state index in [0.717, 1.165) is 44.4 Å². The largest absolute Gasteiger partial charge is 0.369 e. The molecule has 2 fully saturated rings. The minimum Gasteiger partial charge on any atom is -0.369 e. The molecule has 0 radical (unpaired) electrons. The Labute approximate surface area is 124 Å². The predicted molar refractivity (Wildman–Crippen MR) is 75.9 cm³/mol. The number of amides is 1. The fraction of sp³-hybridized carbons (Fsp3) is 0.733. The molecular weight excluding hydrogens is 266 g/mol. The number of nitrogens with zero attached hydrogens (tertiary/aromatic N) is 4. The summed E-state index contributed by atoms with van der Waals surface area (Å²) in [6, 6.07) is 2.28. The summed E-state index contributed by atoms with van der Waals surface area (Å²) in [6.45, 7) is 2.25. The fourth-order valence-corrected chi connectivity index (χ4v) is 3.38. The predicted octanol–water partition coefficient (Wildman–Crippen LogP) is 1.69. The van der Waals surface area contributed by atoms with E-state index in [4.69, 9.17) is 5.73 Å². The second-order valence-corrected chi connectivity index (χ2v) is 6.63. The van der Waals surface area contributed by atoms with Crippen molar-refractivity contribution >= 4 is 5.91 Å². The molecular formula is C15H21N5O. The zero-order valence-electron chi connectivity index (χ0n) is 12.3. The van der Waals surface area contributed by atoms with Crippen LogP contribution in [0.4, 0.5) is 0 Å². The van der Waals surface area contributed by atoms with Gasteiger partial charge >= 0.3 is 0 Å². The molecule has 3 rings (SSSR count). The van der Waals surface area contributed by atoms with Crippen molar-refractivity contribution in [1.82, 2.24) is 15.0 Å². The summed E-state index contributed by atoms with van der Waals surface area (Å²) >= 11 is 0. The molecule has 0 aromatic carbocycles. The van der Waals surface area contributed by atoms with Crippen LogP contribution in [0.3, 0.4) is 0 Å². The minimum absolute atomic E-state index is 0.251. The van der Waals surface area contributed by atoms with E-state index < -0.39 is 5.54 Å². The van der Waals surface area contributed by atoms with Crippen LogP contribution in [-0.2, 0) is 10.3 Å². The van der Waals surface area contributed by atoms with Crippen LogP contribution in [0.25, 0.3) is 0 Å². The molecule has 1 unspecified atom stereocenters. The van der Waals surface area contributed by atoms with E-state index in [1.165, 1.54) is 0 Å². The molecule has 0 spiro atoms. The molecule has 1 aromatic heterocycles. The molecule has 6 heteroatoms. The van der Waals surface area contributed by atoms with E-state index in [1.807, 2.05) is 0 Å². The summed E-state index contributed by atoms with van der Waals surface area (Å²) in [5.74, 6) is 0.268. The SMILES string of the molecule is CC1CCC(C(C(N)=O)c2cn(C3(C#N)CC3)nn2)CC1. The number of hydrogen-bond donors (Lipinski definition) is 1. The maximum atomic E-state index is 11.9. The summed E-state index contributed by atoms with van der Waals surface area (Å²) in [7, 11) is 0. The van der Waals surface area contributed by atoms with Gasteiger partial charge in [-0.3, -0.25) is 4.79 Å². The second-order valence-electron chi connectivity index (χ2n) is 6.63. The van der Waals surface area contributed by atoms with Gasteiger partial charge in [-0.2, -0.15) is 5.26 Å². The minimum atomic E-state index is -0.533. The highest BCUT2D eigenvalue weighted by Gasteiger charge is 2.47. The summed E-state index contributed by atoms with van der Waals surface area (Å²) in [5.41, 5.74) is 5.71. The first-order chi connectivity index (χ1) is 10.1. The Morgan fingerprint density at radius 2 is 2.14 bits per heavy atom. The van der Waals surface area contributed by atoms with Crippen molar-refractivity contribution in [3.05, 3.63) is 11.9 Å². The molecule has 2 N–H and O–H groups in total. The van der Waals surface area contributed by atoms with Crippen LogP contribution < -0.4 is 5.73 Å². The number of rotatable bonds is 4. The first-order valence-electron chi connectivity index (χ1n) is 7.69. The lowest BCUT2D eigenvalue weighted by molar-refractivity contribution is -0.121. The summed E-state index contributed by atoms with van der Waals surface area (Å²) in [6.07, 6.45) is 7.62. The molecule has 2 aliphatic carbocycles. The molecule has 0 bridgehead atoms. The third kappa shape index (κ3) is 2.53. The van der Waals surface area contributed by atoms with Crippen molar-refractivity contribution in [1.29, 1.82) is 5.26 Å². The summed E-state index contributed by atoms with van der Waals surface area (Å²) in [5, 5.41) is 17.4. The van der Waals surface area contributed by atoms with Crippen LogP contribution in [-0.4, -0.2) is 20.9 Å². The van der Waals surface area contributed by atoms with Gasteiger partial charge < -0.3 is 5.73 Å². The molecule has 2 saturated carbocycles. The Bertz CT molecular complexity index is 575. The molecule has 1 atom stereocenters. The molecule has 6 nitrogen and oxygen atoms in total. The molecule has 21 heavy (non-hydrogen) atoms. The normalized spacial score (nSPS) is 28.6. The number of carbonyl (C=O) groups is 1. The monoisotopic (exact) mass is 287 g/mol. The van der Waals surface area contributed by atoms with Crippen LogP contribution in [0.2, 0.25) is 0 Å². The van der Waals surface area contributed by atoms with E-state index in [2.05, 4.69) is 23.3 Å². The van der Waals surface area contributed by atoms with Gasteiger partial charge in [0.1, 0.15) is 0 Å². The maximum absolute atomic E-state index is 11.9. The molecule has 1 aromatic rings. The highest BCUT2D eigenvalue weighted by molar-refractivity contribution is 5.81. The van der Waals surface area contributed by atoms with E-state index in [-0.39, 0.29) is 17.7 Å². The number of nitriles is 1.